The number of amides is 1. The fourth-order valence-corrected chi connectivity index (χ4v) is 2.10. The predicted octanol–water partition coefficient (Wildman–Crippen LogP) is 3.86. The normalized spacial score (nSPS) is 10.2. The van der Waals surface area contributed by atoms with Crippen LogP contribution in [0.3, 0.4) is 0 Å². The zero-order valence-corrected chi connectivity index (χ0v) is 11.9. The van der Waals surface area contributed by atoms with E-state index in [0.29, 0.717) is 0 Å². The number of phenols is 1. The highest BCUT2D eigenvalue weighted by Gasteiger charge is 2.19. The Morgan fingerprint density at radius 1 is 1.14 bits per heavy atom. The number of phenolic OH excluding ortho intramolecular Hbond substituents is 1. The summed E-state index contributed by atoms with van der Waals surface area (Å²) < 4.78 is 0. The van der Waals surface area contributed by atoms with Gasteiger partial charge in [-0.3, -0.25) is 14.9 Å². The van der Waals surface area contributed by atoms with E-state index in [-0.39, 0.29) is 32.7 Å². The molecule has 0 heterocycles. The van der Waals surface area contributed by atoms with Gasteiger partial charge in [0.2, 0.25) is 0 Å². The number of carbonyl (C=O) groups excluding carboxylic acids is 1. The fourth-order valence-electron chi connectivity index (χ4n) is 1.64. The van der Waals surface area contributed by atoms with E-state index < -0.39 is 10.8 Å². The van der Waals surface area contributed by atoms with E-state index in [9.17, 15) is 20.0 Å². The number of nitrogens with one attached hydrogen (secondary N) is 1. The topological polar surface area (TPSA) is 92.5 Å². The second kappa shape index (κ2) is 5.99. The smallest absolute Gasteiger partial charge is 0.290 e. The zero-order valence-electron chi connectivity index (χ0n) is 10.3. The van der Waals surface area contributed by atoms with E-state index in [1.807, 2.05) is 0 Å². The molecule has 0 saturated carbocycles. The summed E-state index contributed by atoms with van der Waals surface area (Å²) in [5.41, 5.74) is -0.217. The number of aromatic hydroxyl groups is 1. The number of rotatable bonds is 3. The van der Waals surface area contributed by atoms with Crippen LogP contribution in [-0.4, -0.2) is 15.9 Å². The molecule has 108 valence electrons. The Morgan fingerprint density at radius 3 is 2.48 bits per heavy atom. The van der Waals surface area contributed by atoms with Crippen molar-refractivity contribution >= 4 is 40.5 Å². The number of anilines is 1. The number of hydrogen-bond acceptors (Lipinski definition) is 4. The number of hydrogen-bond donors (Lipinski definition) is 2. The monoisotopic (exact) mass is 326 g/mol. The van der Waals surface area contributed by atoms with E-state index >= 15 is 0 Å². The number of nitro groups is 1. The van der Waals surface area contributed by atoms with Crippen molar-refractivity contribution in [2.24, 2.45) is 0 Å². The molecule has 2 rings (SSSR count). The molecule has 0 radical (unpaired) electrons. The van der Waals surface area contributed by atoms with E-state index in [1.54, 1.807) is 0 Å². The van der Waals surface area contributed by atoms with Crippen LogP contribution in [0.15, 0.2) is 36.4 Å². The average Bonchev–Trinajstić information content (AvgIpc) is 2.43. The number of nitrogens with zero attached hydrogens (tertiary/aromatic N) is 1. The molecule has 8 heteroatoms. The van der Waals surface area contributed by atoms with Crippen molar-refractivity contribution in [3.8, 4) is 5.75 Å². The Bertz CT molecular complexity index is 734. The summed E-state index contributed by atoms with van der Waals surface area (Å²) in [5, 5.41) is 22.4. The van der Waals surface area contributed by atoms with E-state index in [1.165, 1.54) is 36.4 Å². The summed E-state index contributed by atoms with van der Waals surface area (Å²) >= 11 is 11.7. The van der Waals surface area contributed by atoms with Gasteiger partial charge in [0.15, 0.2) is 0 Å². The summed E-state index contributed by atoms with van der Waals surface area (Å²) in [4.78, 5) is 22.2. The van der Waals surface area contributed by atoms with Gasteiger partial charge in [0, 0.05) is 6.07 Å². The minimum atomic E-state index is -0.653. The Labute approximate surface area is 129 Å². The lowest BCUT2D eigenvalue weighted by Crippen LogP contribution is -2.13. The van der Waals surface area contributed by atoms with Crippen LogP contribution in [0.4, 0.5) is 11.4 Å². The molecule has 21 heavy (non-hydrogen) atoms. The quantitative estimate of drug-likeness (QED) is 0.661. The molecular weight excluding hydrogens is 319 g/mol. The first-order valence-electron chi connectivity index (χ1n) is 5.63. The zero-order chi connectivity index (χ0) is 15.6. The second-order valence-electron chi connectivity index (χ2n) is 3.99. The van der Waals surface area contributed by atoms with Crippen LogP contribution in [0.1, 0.15) is 10.4 Å². The highest BCUT2D eigenvalue weighted by Crippen LogP contribution is 2.33. The van der Waals surface area contributed by atoms with Crippen molar-refractivity contribution in [3.63, 3.8) is 0 Å². The van der Waals surface area contributed by atoms with Gasteiger partial charge in [-0.15, -0.1) is 0 Å². The van der Waals surface area contributed by atoms with Crippen LogP contribution in [0.2, 0.25) is 10.0 Å². The van der Waals surface area contributed by atoms with Crippen molar-refractivity contribution in [2.75, 3.05) is 5.32 Å². The van der Waals surface area contributed by atoms with Crippen molar-refractivity contribution in [3.05, 3.63) is 62.1 Å². The molecule has 0 atom stereocenters. The van der Waals surface area contributed by atoms with Gasteiger partial charge in [0.25, 0.3) is 11.6 Å². The van der Waals surface area contributed by atoms with Crippen LogP contribution < -0.4 is 5.32 Å². The average molecular weight is 327 g/mol. The molecule has 6 nitrogen and oxygen atoms in total. The molecule has 0 aliphatic carbocycles. The maximum atomic E-state index is 12.1. The Hall–Kier alpha value is -2.31. The van der Waals surface area contributed by atoms with Gasteiger partial charge >= 0.3 is 0 Å². The molecule has 2 aromatic rings. The lowest BCUT2D eigenvalue weighted by atomic mass is 10.2. The third kappa shape index (κ3) is 3.07. The molecule has 0 aliphatic heterocycles. The standard InChI is InChI=1S/C13H8Cl2N2O4/c14-11-7(3-1-6-10(11)18)13(19)16-8-4-2-5-9(12(8)15)17(20)21/h1-6,18H,(H,16,19). The van der Waals surface area contributed by atoms with Crippen molar-refractivity contribution in [2.45, 2.75) is 0 Å². The Kier molecular flexibility index (Phi) is 4.30. The molecule has 0 fully saturated rings. The SMILES string of the molecule is O=C(Nc1cccc([N+](=O)[O-])c1Cl)c1cccc(O)c1Cl. The van der Waals surface area contributed by atoms with Crippen LogP contribution in [0, 0.1) is 10.1 Å². The maximum Gasteiger partial charge on any atom is 0.290 e. The summed E-state index contributed by atoms with van der Waals surface area (Å²) in [6.07, 6.45) is 0. The van der Waals surface area contributed by atoms with Gasteiger partial charge in [-0.1, -0.05) is 35.3 Å². The number of carbonyl (C=O) groups is 1. The maximum absolute atomic E-state index is 12.1. The van der Waals surface area contributed by atoms with Gasteiger partial charge in [0.05, 0.1) is 21.2 Å². The third-order valence-corrected chi connectivity index (χ3v) is 3.44. The van der Waals surface area contributed by atoms with Crippen LogP contribution >= 0.6 is 23.2 Å². The molecule has 2 aromatic carbocycles. The summed E-state index contributed by atoms with van der Waals surface area (Å²) in [6, 6.07) is 8.22. The van der Waals surface area contributed by atoms with Gasteiger partial charge < -0.3 is 10.4 Å². The molecule has 1 amide bonds. The minimum Gasteiger partial charge on any atom is -0.506 e. The molecular formula is C13H8Cl2N2O4. The highest BCUT2D eigenvalue weighted by atomic mass is 35.5. The summed E-state index contributed by atoms with van der Waals surface area (Å²) in [5.74, 6) is -0.882. The summed E-state index contributed by atoms with van der Waals surface area (Å²) in [7, 11) is 0. The molecule has 2 N–H and O–H groups in total. The first-order chi connectivity index (χ1) is 9.91. The second-order valence-corrected chi connectivity index (χ2v) is 4.74. The number of benzene rings is 2. The Morgan fingerprint density at radius 2 is 1.81 bits per heavy atom. The predicted molar refractivity (Wildman–Crippen MR) is 79.2 cm³/mol. The van der Waals surface area contributed by atoms with E-state index in [4.69, 9.17) is 23.2 Å². The van der Waals surface area contributed by atoms with Crippen molar-refractivity contribution < 1.29 is 14.8 Å². The first kappa shape index (κ1) is 15.1. The molecule has 0 bridgehead atoms. The lowest BCUT2D eigenvalue weighted by Gasteiger charge is -2.09. The van der Waals surface area contributed by atoms with E-state index in [0.717, 1.165) is 0 Å². The van der Waals surface area contributed by atoms with Crippen molar-refractivity contribution in [1.29, 1.82) is 0 Å². The van der Waals surface area contributed by atoms with Crippen LogP contribution in [-0.2, 0) is 0 Å². The highest BCUT2D eigenvalue weighted by molar-refractivity contribution is 6.37. The minimum absolute atomic E-state index is 0.0271. The van der Waals surface area contributed by atoms with Gasteiger partial charge in [-0.05, 0) is 18.2 Å². The number of nitro benzene ring substituents is 1. The van der Waals surface area contributed by atoms with Gasteiger partial charge in [-0.25, -0.2) is 0 Å². The molecule has 0 spiro atoms. The lowest BCUT2D eigenvalue weighted by molar-refractivity contribution is -0.384. The fraction of sp³-hybridized carbons (Fsp3) is 0. The van der Waals surface area contributed by atoms with Gasteiger partial charge in [0.1, 0.15) is 10.8 Å². The van der Waals surface area contributed by atoms with E-state index in [2.05, 4.69) is 5.32 Å². The van der Waals surface area contributed by atoms with Crippen LogP contribution in [0.5, 0.6) is 5.75 Å². The molecule has 0 unspecified atom stereocenters. The van der Waals surface area contributed by atoms with Crippen molar-refractivity contribution in [1.82, 2.24) is 0 Å². The number of halogens is 2. The first-order valence-corrected chi connectivity index (χ1v) is 6.39. The summed E-state index contributed by atoms with van der Waals surface area (Å²) in [6.45, 7) is 0. The molecule has 0 aliphatic rings. The molecule has 0 saturated heterocycles. The largest absolute Gasteiger partial charge is 0.506 e. The third-order valence-electron chi connectivity index (χ3n) is 2.65. The Balaban J connectivity index is 2.34. The van der Waals surface area contributed by atoms with Gasteiger partial charge in [-0.2, -0.15) is 0 Å². The molecule has 0 aromatic heterocycles. The van der Waals surface area contributed by atoms with Crippen LogP contribution in [0.25, 0.3) is 0 Å².